The van der Waals surface area contributed by atoms with Gasteiger partial charge in [-0.25, -0.2) is 9.13 Å². The summed E-state index contributed by atoms with van der Waals surface area (Å²) in [6.07, 6.45) is 62.4. The normalized spacial score (nSPS) is 13.9. The van der Waals surface area contributed by atoms with Gasteiger partial charge in [0.15, 0.2) is 12.2 Å². The lowest BCUT2D eigenvalue weighted by Crippen LogP contribution is -2.30. The van der Waals surface area contributed by atoms with Crippen LogP contribution in [0.15, 0.2) is 0 Å². The van der Waals surface area contributed by atoms with Crippen LogP contribution >= 0.6 is 15.6 Å². The van der Waals surface area contributed by atoms with Crippen LogP contribution in [0.2, 0.25) is 0 Å². The highest BCUT2D eigenvalue weighted by Crippen LogP contribution is 2.45. The summed E-state index contributed by atoms with van der Waals surface area (Å²) in [5.74, 6) is -0.561. The molecule has 3 N–H and O–H groups in total. The summed E-state index contributed by atoms with van der Waals surface area (Å²) in [6, 6.07) is 0. The maximum absolute atomic E-state index is 13.1. The third-order valence-electron chi connectivity index (χ3n) is 19.0. The largest absolute Gasteiger partial charge is 0.472 e. The number of aliphatic hydroxyl groups is 1. The van der Waals surface area contributed by atoms with Crippen LogP contribution in [-0.4, -0.2) is 96.7 Å². The van der Waals surface area contributed by atoms with E-state index in [1.165, 1.54) is 244 Å². The van der Waals surface area contributed by atoms with Crippen LogP contribution in [-0.2, 0) is 65.4 Å². The van der Waals surface area contributed by atoms with E-state index in [1.54, 1.807) is 0 Å². The van der Waals surface area contributed by atoms with E-state index in [-0.39, 0.29) is 25.7 Å². The van der Waals surface area contributed by atoms with E-state index in [0.717, 1.165) is 102 Å². The Bertz CT molecular complexity index is 1920. The van der Waals surface area contributed by atoms with E-state index in [2.05, 4.69) is 41.5 Å². The standard InChI is InChI=1S/C81H158O17P2/c1-7-9-11-13-15-17-19-20-21-22-23-24-25-26-27-35-41-47-53-59-65-80(85)97-77(70-92-79(84)64-58-52-46-40-34-29-28-32-37-43-49-55-61-73(3)4)72-96-100(89,90)94-68-75(82)67-93-99(87,88)95-71-76(69-91-78(83)63-57-51-45-39-31-18-16-14-12-10-8-2)98-81(86)66-60-54-48-42-36-30-33-38-44-50-56-62-74(5)6/h73-77,82H,7-72H2,1-6H3,(H,87,88)(H,89,90)/t75-,76+,77+/m0/s1. The van der Waals surface area contributed by atoms with Gasteiger partial charge in [0.1, 0.15) is 19.3 Å². The Morgan fingerprint density at radius 2 is 0.460 bits per heavy atom. The first kappa shape index (κ1) is 98.1. The third-order valence-corrected chi connectivity index (χ3v) is 20.9. The van der Waals surface area contributed by atoms with Gasteiger partial charge in [0, 0.05) is 25.7 Å². The molecule has 0 aliphatic carbocycles. The van der Waals surface area contributed by atoms with Crippen molar-refractivity contribution in [2.24, 2.45) is 11.8 Å². The molecule has 0 saturated heterocycles. The van der Waals surface area contributed by atoms with Gasteiger partial charge in [-0.3, -0.25) is 37.3 Å². The Hall–Kier alpha value is -1.94. The summed E-state index contributed by atoms with van der Waals surface area (Å²) in [6.45, 7) is 9.65. The second-order valence-electron chi connectivity index (χ2n) is 30.1. The smallest absolute Gasteiger partial charge is 0.462 e. The van der Waals surface area contributed by atoms with Crippen LogP contribution in [0.4, 0.5) is 0 Å². The minimum absolute atomic E-state index is 0.107. The topological polar surface area (TPSA) is 237 Å². The number of rotatable bonds is 80. The molecule has 17 nitrogen and oxygen atoms in total. The van der Waals surface area contributed by atoms with Gasteiger partial charge in [-0.15, -0.1) is 0 Å². The number of aliphatic hydroxyl groups excluding tert-OH is 1. The lowest BCUT2D eigenvalue weighted by molar-refractivity contribution is -0.161. The maximum Gasteiger partial charge on any atom is 0.472 e. The first-order valence-corrected chi connectivity index (χ1v) is 45.0. The predicted octanol–water partition coefficient (Wildman–Crippen LogP) is 24.3. The molecule has 100 heavy (non-hydrogen) atoms. The number of ether oxygens (including phenoxy) is 4. The molecule has 0 fully saturated rings. The molecule has 5 atom stereocenters. The Labute approximate surface area is 613 Å². The Balaban J connectivity index is 5.24. The summed E-state index contributed by atoms with van der Waals surface area (Å²) < 4.78 is 68.7. The van der Waals surface area contributed by atoms with Gasteiger partial charge in [-0.1, -0.05) is 375 Å². The number of hydrogen-bond donors (Lipinski definition) is 3. The third kappa shape index (κ3) is 74.3. The van der Waals surface area contributed by atoms with Crippen molar-refractivity contribution >= 4 is 39.5 Å². The molecule has 0 bridgehead atoms. The Morgan fingerprint density at radius 1 is 0.270 bits per heavy atom. The van der Waals surface area contributed by atoms with Gasteiger partial charge in [0.2, 0.25) is 0 Å². The quantitative estimate of drug-likeness (QED) is 0.0222. The van der Waals surface area contributed by atoms with Crippen molar-refractivity contribution in [3.8, 4) is 0 Å². The number of hydrogen-bond acceptors (Lipinski definition) is 15. The number of unbranched alkanes of at least 4 members (excludes halogenated alkanes) is 50. The van der Waals surface area contributed by atoms with Crippen molar-refractivity contribution in [1.82, 2.24) is 0 Å². The summed E-state index contributed by atoms with van der Waals surface area (Å²) in [4.78, 5) is 73.0. The van der Waals surface area contributed by atoms with Crippen LogP contribution in [0.5, 0.6) is 0 Å². The lowest BCUT2D eigenvalue weighted by Gasteiger charge is -2.21. The van der Waals surface area contributed by atoms with Crippen molar-refractivity contribution < 1.29 is 80.2 Å². The zero-order valence-electron chi connectivity index (χ0n) is 65.5. The molecule has 0 aromatic carbocycles. The number of esters is 4. The van der Waals surface area contributed by atoms with Gasteiger partial charge in [0.25, 0.3) is 0 Å². The molecule has 19 heteroatoms. The summed E-state index contributed by atoms with van der Waals surface area (Å²) in [5.41, 5.74) is 0. The molecule has 0 aromatic heterocycles. The van der Waals surface area contributed by atoms with E-state index < -0.39 is 97.5 Å². The first-order chi connectivity index (χ1) is 48.4. The van der Waals surface area contributed by atoms with Crippen LogP contribution in [0.3, 0.4) is 0 Å². The average molecular weight is 1470 g/mol. The molecule has 0 aliphatic heterocycles. The molecule has 0 spiro atoms. The van der Waals surface area contributed by atoms with E-state index in [0.29, 0.717) is 25.7 Å². The first-order valence-electron chi connectivity index (χ1n) is 42.0. The second-order valence-corrected chi connectivity index (χ2v) is 33.0. The van der Waals surface area contributed by atoms with Gasteiger partial charge in [-0.05, 0) is 37.5 Å². The van der Waals surface area contributed by atoms with Crippen molar-refractivity contribution in [2.75, 3.05) is 39.6 Å². The highest BCUT2D eigenvalue weighted by molar-refractivity contribution is 7.47. The summed E-state index contributed by atoms with van der Waals surface area (Å²) >= 11 is 0. The zero-order valence-corrected chi connectivity index (χ0v) is 67.3. The highest BCUT2D eigenvalue weighted by Gasteiger charge is 2.30. The fourth-order valence-corrected chi connectivity index (χ4v) is 14.1. The molecule has 0 rings (SSSR count). The molecule has 594 valence electrons. The number of phosphoric acid groups is 2. The average Bonchev–Trinajstić information content (AvgIpc) is 1.01. The fraction of sp³-hybridized carbons (Fsp3) is 0.951. The number of phosphoric ester groups is 2. The monoisotopic (exact) mass is 1470 g/mol. The van der Waals surface area contributed by atoms with Crippen molar-refractivity contribution in [3.63, 3.8) is 0 Å². The molecule has 0 aromatic rings. The van der Waals surface area contributed by atoms with Crippen LogP contribution in [0, 0.1) is 11.8 Å². The minimum Gasteiger partial charge on any atom is -0.462 e. The molecule has 0 heterocycles. The molecule has 0 radical (unpaired) electrons. The van der Waals surface area contributed by atoms with Gasteiger partial charge < -0.3 is 33.8 Å². The van der Waals surface area contributed by atoms with Gasteiger partial charge in [-0.2, -0.15) is 0 Å². The fourth-order valence-electron chi connectivity index (χ4n) is 12.5. The van der Waals surface area contributed by atoms with E-state index >= 15 is 0 Å². The van der Waals surface area contributed by atoms with Crippen molar-refractivity contribution in [2.45, 2.75) is 445 Å². The molecule has 0 amide bonds. The Kier molecular flexibility index (Phi) is 71.2. The maximum atomic E-state index is 13.1. The SMILES string of the molecule is CCCCCCCCCCCCCCCCCCCCCCC(=O)O[C@H](COC(=O)CCCCCCCCCCCCCCC(C)C)COP(=O)(O)OC[C@@H](O)COP(=O)(O)OC[C@@H](COC(=O)CCCCCCCCCCCCC)OC(=O)CCCCCCCCCCCCCC(C)C. The van der Waals surface area contributed by atoms with Gasteiger partial charge in [0.05, 0.1) is 26.4 Å². The zero-order chi connectivity index (χ0) is 73.5. The van der Waals surface area contributed by atoms with E-state index in [4.69, 9.17) is 37.0 Å². The van der Waals surface area contributed by atoms with Crippen LogP contribution < -0.4 is 0 Å². The number of carbonyl (C=O) groups is 4. The number of carbonyl (C=O) groups excluding carboxylic acids is 4. The van der Waals surface area contributed by atoms with E-state index in [9.17, 15) is 43.2 Å². The second kappa shape index (κ2) is 72.6. The van der Waals surface area contributed by atoms with Crippen LogP contribution in [0.25, 0.3) is 0 Å². The summed E-state index contributed by atoms with van der Waals surface area (Å²) in [5, 5.41) is 10.6. The lowest BCUT2D eigenvalue weighted by atomic mass is 10.0. The van der Waals surface area contributed by atoms with Crippen molar-refractivity contribution in [1.29, 1.82) is 0 Å². The highest BCUT2D eigenvalue weighted by atomic mass is 31.2. The molecule has 0 saturated carbocycles. The van der Waals surface area contributed by atoms with Gasteiger partial charge >= 0.3 is 39.5 Å². The van der Waals surface area contributed by atoms with E-state index in [1.807, 2.05) is 0 Å². The molecular formula is C81H158O17P2. The summed E-state index contributed by atoms with van der Waals surface area (Å²) in [7, 11) is -9.92. The minimum atomic E-state index is -4.96. The Morgan fingerprint density at radius 3 is 0.680 bits per heavy atom. The predicted molar refractivity (Wildman–Crippen MR) is 409 cm³/mol. The molecule has 2 unspecified atom stereocenters. The molecule has 0 aliphatic rings. The van der Waals surface area contributed by atoms with Crippen molar-refractivity contribution in [3.05, 3.63) is 0 Å². The van der Waals surface area contributed by atoms with Crippen LogP contribution in [0.1, 0.15) is 427 Å². The molecular weight excluding hydrogens is 1310 g/mol.